The summed E-state index contributed by atoms with van der Waals surface area (Å²) < 4.78 is 13.4. The van der Waals surface area contributed by atoms with Crippen molar-refractivity contribution in [3.8, 4) is 12.1 Å². The number of ether oxygens (including phenoxy) is 2. The van der Waals surface area contributed by atoms with Crippen molar-refractivity contribution in [3.63, 3.8) is 0 Å². The first-order chi connectivity index (χ1) is 19.1. The molecule has 0 amide bonds. The van der Waals surface area contributed by atoms with E-state index in [2.05, 4.69) is 34.9 Å². The molecule has 1 unspecified atom stereocenters. The molecule has 5 aliphatic rings. The van der Waals surface area contributed by atoms with Gasteiger partial charge in [0.1, 0.15) is 12.4 Å². The summed E-state index contributed by atoms with van der Waals surface area (Å²) in [7, 11) is 0. The Balaban J connectivity index is 1.24. The summed E-state index contributed by atoms with van der Waals surface area (Å²) in [5, 5.41) is 9.62. The molecule has 3 fully saturated rings. The summed E-state index contributed by atoms with van der Waals surface area (Å²) >= 11 is 0. The predicted octanol–water partition coefficient (Wildman–Crippen LogP) is 5.29. The normalized spacial score (nSPS) is 30.4. The zero-order valence-corrected chi connectivity index (χ0v) is 23.4. The van der Waals surface area contributed by atoms with Crippen LogP contribution >= 0.6 is 0 Å². The fraction of sp³-hybridized carbons (Fsp3) is 0.656. The molecule has 7 heteroatoms. The lowest BCUT2D eigenvalue weighted by atomic mass is 9.74. The second kappa shape index (κ2) is 10.1. The number of anilines is 1. The van der Waals surface area contributed by atoms with Gasteiger partial charge in [-0.2, -0.15) is 15.2 Å². The lowest BCUT2D eigenvalue weighted by Crippen LogP contribution is -2.44. The standard InChI is InChI=1S/C32H41N5O2/c1-23-17-31(11-7-15-37(31)20-23)22-38-30-34-28-18-32(12-6-8-25-10-9-24(19-33)16-27(25)32)39-21-26(28)29(35-30)36-13-4-2-3-5-14-36/h9-10,16,23H,2-8,11-15,17-18,20-22H2,1H3/t23-,31+,32?/m1/s1. The molecular formula is C32H41N5O2. The van der Waals surface area contributed by atoms with E-state index < -0.39 is 5.60 Å². The first-order valence-corrected chi connectivity index (χ1v) is 15.3. The van der Waals surface area contributed by atoms with Crippen LogP contribution < -0.4 is 9.64 Å². The maximum Gasteiger partial charge on any atom is 0.318 e. The Labute approximate surface area is 232 Å². The van der Waals surface area contributed by atoms with Gasteiger partial charge in [0.25, 0.3) is 0 Å². The van der Waals surface area contributed by atoms with Gasteiger partial charge in [-0.1, -0.05) is 25.8 Å². The molecule has 7 rings (SSSR count). The second-order valence-electron chi connectivity index (χ2n) is 12.8. The van der Waals surface area contributed by atoms with E-state index in [9.17, 15) is 5.26 Å². The van der Waals surface area contributed by atoms with Crippen LogP contribution in [0.4, 0.5) is 5.82 Å². The Hall–Kier alpha value is -2.69. The van der Waals surface area contributed by atoms with Crippen molar-refractivity contribution in [2.24, 2.45) is 5.92 Å². The second-order valence-corrected chi connectivity index (χ2v) is 12.8. The highest BCUT2D eigenvalue weighted by atomic mass is 16.5. The van der Waals surface area contributed by atoms with Crippen molar-refractivity contribution >= 4 is 5.82 Å². The molecule has 0 N–H and O–H groups in total. The van der Waals surface area contributed by atoms with E-state index in [1.807, 2.05) is 6.07 Å². The third-order valence-corrected chi connectivity index (χ3v) is 10.1. The number of nitrogens with zero attached hydrogens (tertiary/aromatic N) is 5. The minimum absolute atomic E-state index is 0.141. The summed E-state index contributed by atoms with van der Waals surface area (Å²) in [4.78, 5) is 15.3. The number of hydrogen-bond acceptors (Lipinski definition) is 7. The number of benzene rings is 1. The van der Waals surface area contributed by atoms with Crippen LogP contribution in [0.25, 0.3) is 0 Å². The van der Waals surface area contributed by atoms with Gasteiger partial charge in [-0.25, -0.2) is 0 Å². The predicted molar refractivity (Wildman–Crippen MR) is 150 cm³/mol. The molecule has 0 saturated carbocycles. The van der Waals surface area contributed by atoms with Gasteiger partial charge in [-0.15, -0.1) is 0 Å². The van der Waals surface area contributed by atoms with Gasteiger partial charge in [-0.3, -0.25) is 4.90 Å². The van der Waals surface area contributed by atoms with Gasteiger partial charge < -0.3 is 14.4 Å². The molecule has 206 valence electrons. The van der Waals surface area contributed by atoms with Gasteiger partial charge >= 0.3 is 6.01 Å². The van der Waals surface area contributed by atoms with Crippen molar-refractivity contribution in [1.29, 1.82) is 5.26 Å². The molecule has 3 atom stereocenters. The Kier molecular flexibility index (Phi) is 6.52. The summed E-state index contributed by atoms with van der Waals surface area (Å²) in [5.41, 5.74) is 5.09. The molecule has 1 aliphatic carbocycles. The molecule has 39 heavy (non-hydrogen) atoms. The molecule has 7 nitrogen and oxygen atoms in total. The van der Waals surface area contributed by atoms with Crippen LogP contribution in [0.15, 0.2) is 18.2 Å². The fourth-order valence-corrected chi connectivity index (χ4v) is 8.27. The fourth-order valence-electron chi connectivity index (χ4n) is 8.27. The molecule has 1 spiro atoms. The average molecular weight is 528 g/mol. The van der Waals surface area contributed by atoms with Crippen LogP contribution in [0.5, 0.6) is 6.01 Å². The van der Waals surface area contributed by atoms with Crippen molar-refractivity contribution < 1.29 is 9.47 Å². The summed E-state index contributed by atoms with van der Waals surface area (Å²) in [6.45, 7) is 7.96. The van der Waals surface area contributed by atoms with Gasteiger partial charge in [-0.05, 0) is 87.1 Å². The van der Waals surface area contributed by atoms with E-state index in [1.165, 1.54) is 69.2 Å². The Morgan fingerprint density at radius 2 is 1.95 bits per heavy atom. The number of nitriles is 1. The smallest absolute Gasteiger partial charge is 0.318 e. The molecule has 3 saturated heterocycles. The van der Waals surface area contributed by atoms with E-state index in [-0.39, 0.29) is 5.54 Å². The minimum atomic E-state index is -0.434. The molecule has 1 aromatic carbocycles. The van der Waals surface area contributed by atoms with E-state index >= 15 is 0 Å². The number of rotatable bonds is 4. The molecule has 0 bridgehead atoms. The van der Waals surface area contributed by atoms with Crippen molar-refractivity contribution in [2.75, 3.05) is 37.7 Å². The van der Waals surface area contributed by atoms with Crippen molar-refractivity contribution in [1.82, 2.24) is 14.9 Å². The van der Waals surface area contributed by atoms with Crippen molar-refractivity contribution in [3.05, 3.63) is 46.1 Å². The molecular weight excluding hydrogens is 486 g/mol. The zero-order valence-electron chi connectivity index (χ0n) is 23.4. The molecule has 4 aliphatic heterocycles. The Morgan fingerprint density at radius 1 is 1.08 bits per heavy atom. The third-order valence-electron chi connectivity index (χ3n) is 10.1. The van der Waals surface area contributed by atoms with Crippen LogP contribution in [0.1, 0.15) is 92.7 Å². The summed E-state index contributed by atoms with van der Waals surface area (Å²) in [6, 6.07) is 9.00. The summed E-state index contributed by atoms with van der Waals surface area (Å²) in [6.07, 6.45) is 12.4. The highest BCUT2D eigenvalue weighted by Crippen LogP contribution is 2.47. The number of aromatic nitrogens is 2. The van der Waals surface area contributed by atoms with E-state index in [0.29, 0.717) is 37.1 Å². The molecule has 1 aromatic heterocycles. The quantitative estimate of drug-likeness (QED) is 0.535. The van der Waals surface area contributed by atoms with Gasteiger partial charge in [0.2, 0.25) is 0 Å². The van der Waals surface area contributed by atoms with E-state index in [1.54, 1.807) is 0 Å². The molecule has 2 aromatic rings. The van der Waals surface area contributed by atoms with Crippen LogP contribution in [0.3, 0.4) is 0 Å². The highest BCUT2D eigenvalue weighted by Gasteiger charge is 2.48. The topological polar surface area (TPSA) is 74.5 Å². The van der Waals surface area contributed by atoms with E-state index in [4.69, 9.17) is 19.4 Å². The number of fused-ring (bicyclic) bond motifs is 4. The largest absolute Gasteiger partial charge is 0.461 e. The zero-order chi connectivity index (χ0) is 26.5. The van der Waals surface area contributed by atoms with Crippen LogP contribution in [-0.4, -0.2) is 53.2 Å². The molecule has 5 heterocycles. The van der Waals surface area contributed by atoms with Crippen LogP contribution in [-0.2, 0) is 29.8 Å². The third kappa shape index (κ3) is 4.50. The van der Waals surface area contributed by atoms with Gasteiger partial charge in [0, 0.05) is 31.6 Å². The van der Waals surface area contributed by atoms with Gasteiger partial charge in [0.15, 0.2) is 0 Å². The SMILES string of the molecule is C[C@H]1CN2CCC[C@@]2(COc2nc3c(c(N4CCCCCC4)n2)COC2(CCCc4ccc(C#N)cc42)C3)C1. The Morgan fingerprint density at radius 3 is 2.79 bits per heavy atom. The number of hydrogen-bond donors (Lipinski definition) is 0. The monoisotopic (exact) mass is 527 g/mol. The maximum atomic E-state index is 9.62. The maximum absolute atomic E-state index is 9.62. The average Bonchev–Trinajstić information content (AvgIpc) is 3.33. The number of aryl methyl sites for hydroxylation is 1. The van der Waals surface area contributed by atoms with Crippen LogP contribution in [0, 0.1) is 17.2 Å². The first kappa shape index (κ1) is 25.3. The lowest BCUT2D eigenvalue weighted by Gasteiger charge is -2.43. The molecule has 0 radical (unpaired) electrons. The van der Waals surface area contributed by atoms with Gasteiger partial charge in [0.05, 0.1) is 35.1 Å². The van der Waals surface area contributed by atoms with Crippen molar-refractivity contribution in [2.45, 2.75) is 95.3 Å². The van der Waals surface area contributed by atoms with Crippen LogP contribution in [0.2, 0.25) is 0 Å². The lowest BCUT2D eigenvalue weighted by molar-refractivity contribution is -0.0855. The Bertz CT molecular complexity index is 1280. The summed E-state index contributed by atoms with van der Waals surface area (Å²) in [5.74, 6) is 1.74. The first-order valence-electron chi connectivity index (χ1n) is 15.3. The highest BCUT2D eigenvalue weighted by molar-refractivity contribution is 5.53. The minimum Gasteiger partial charge on any atom is -0.461 e. The van der Waals surface area contributed by atoms with E-state index in [0.717, 1.165) is 49.4 Å².